The lowest BCUT2D eigenvalue weighted by molar-refractivity contribution is -0.127. The summed E-state index contributed by atoms with van der Waals surface area (Å²) < 4.78 is 31.9. The van der Waals surface area contributed by atoms with Gasteiger partial charge in [0.15, 0.2) is 0 Å². The highest BCUT2D eigenvalue weighted by atomic mass is 32.2. The molecule has 0 radical (unpaired) electrons. The van der Waals surface area contributed by atoms with Gasteiger partial charge in [0.05, 0.1) is 24.5 Å². The summed E-state index contributed by atoms with van der Waals surface area (Å²) in [6.45, 7) is 1.39. The lowest BCUT2D eigenvalue weighted by Gasteiger charge is -2.26. The van der Waals surface area contributed by atoms with E-state index in [0.29, 0.717) is 44.0 Å². The number of carbonyl (C=O) groups excluding carboxylic acids is 2. The number of anilines is 1. The highest BCUT2D eigenvalue weighted by Crippen LogP contribution is 2.19. The van der Waals surface area contributed by atoms with E-state index in [2.05, 4.69) is 5.32 Å². The molecule has 1 fully saturated rings. The maximum absolute atomic E-state index is 12.7. The van der Waals surface area contributed by atoms with Crippen molar-refractivity contribution in [2.24, 2.45) is 0 Å². The molecule has 1 heterocycles. The van der Waals surface area contributed by atoms with Crippen molar-refractivity contribution in [3.63, 3.8) is 0 Å². The molecule has 1 N–H and O–H groups in total. The molecule has 1 aliphatic heterocycles. The molecule has 0 atom stereocenters. The summed E-state index contributed by atoms with van der Waals surface area (Å²) >= 11 is 0. The van der Waals surface area contributed by atoms with E-state index in [4.69, 9.17) is 4.74 Å². The predicted molar refractivity (Wildman–Crippen MR) is 113 cm³/mol. The van der Waals surface area contributed by atoms with Crippen LogP contribution in [-0.2, 0) is 26.0 Å². The maximum Gasteiger partial charge on any atom is 0.255 e. The second kappa shape index (κ2) is 9.38. The molecule has 30 heavy (non-hydrogen) atoms. The van der Waals surface area contributed by atoms with Crippen molar-refractivity contribution in [1.29, 1.82) is 0 Å². The van der Waals surface area contributed by atoms with Crippen molar-refractivity contribution in [2.45, 2.75) is 11.3 Å². The van der Waals surface area contributed by atoms with Crippen LogP contribution in [-0.4, -0.2) is 69.8 Å². The summed E-state index contributed by atoms with van der Waals surface area (Å²) in [7, 11) is -0.188. The Kier molecular flexibility index (Phi) is 6.86. The molecule has 2 amide bonds. The summed E-state index contributed by atoms with van der Waals surface area (Å²) in [5.74, 6) is -0.346. The van der Waals surface area contributed by atoms with Gasteiger partial charge in [-0.1, -0.05) is 12.1 Å². The first-order valence-corrected chi connectivity index (χ1v) is 11.0. The number of benzene rings is 2. The van der Waals surface area contributed by atoms with Crippen molar-refractivity contribution < 1.29 is 22.7 Å². The van der Waals surface area contributed by atoms with E-state index < -0.39 is 10.0 Å². The van der Waals surface area contributed by atoms with E-state index in [0.717, 1.165) is 5.56 Å². The molecule has 0 spiro atoms. The van der Waals surface area contributed by atoms with E-state index in [1.54, 1.807) is 38.4 Å². The lowest BCUT2D eigenvalue weighted by atomic mass is 10.1. The summed E-state index contributed by atoms with van der Waals surface area (Å²) in [4.78, 5) is 25.9. The molecular weight excluding hydrogens is 406 g/mol. The van der Waals surface area contributed by atoms with Crippen molar-refractivity contribution in [1.82, 2.24) is 9.21 Å². The minimum atomic E-state index is -3.59. The minimum Gasteiger partial charge on any atom is -0.379 e. The Morgan fingerprint density at radius 3 is 2.17 bits per heavy atom. The van der Waals surface area contributed by atoms with Crippen LogP contribution in [0.15, 0.2) is 53.4 Å². The van der Waals surface area contributed by atoms with Gasteiger partial charge in [-0.05, 0) is 42.0 Å². The van der Waals surface area contributed by atoms with Crippen LogP contribution in [0.25, 0.3) is 0 Å². The van der Waals surface area contributed by atoms with Crippen LogP contribution in [0.4, 0.5) is 5.69 Å². The molecule has 0 bridgehead atoms. The smallest absolute Gasteiger partial charge is 0.255 e. The number of sulfonamides is 1. The van der Waals surface area contributed by atoms with Gasteiger partial charge >= 0.3 is 0 Å². The highest BCUT2D eigenvalue weighted by molar-refractivity contribution is 7.89. The first-order chi connectivity index (χ1) is 14.3. The van der Waals surface area contributed by atoms with Crippen LogP contribution in [0.2, 0.25) is 0 Å². The van der Waals surface area contributed by atoms with Crippen LogP contribution >= 0.6 is 0 Å². The molecule has 0 aliphatic carbocycles. The van der Waals surface area contributed by atoms with E-state index in [1.807, 2.05) is 0 Å². The molecule has 8 nitrogen and oxygen atoms in total. The highest BCUT2D eigenvalue weighted by Gasteiger charge is 2.26. The number of carbonyl (C=O) groups is 2. The standard InChI is InChI=1S/C21H25N3O5S/c1-23(2)20(25)15-16-3-7-18(8-4-16)22-21(26)17-5-9-19(10-6-17)30(27,28)24-11-13-29-14-12-24/h3-10H,11-15H2,1-2H3,(H,22,26). The largest absolute Gasteiger partial charge is 0.379 e. The second-order valence-corrected chi connectivity index (χ2v) is 9.09. The number of amides is 2. The Morgan fingerprint density at radius 2 is 1.60 bits per heavy atom. The van der Waals surface area contributed by atoms with E-state index in [1.165, 1.54) is 33.5 Å². The molecule has 0 saturated carbocycles. The van der Waals surface area contributed by atoms with Crippen LogP contribution in [0.3, 0.4) is 0 Å². The maximum atomic E-state index is 12.7. The molecular formula is C21H25N3O5S. The Bertz CT molecular complexity index is 996. The Morgan fingerprint density at radius 1 is 1.00 bits per heavy atom. The van der Waals surface area contributed by atoms with Crippen molar-refractivity contribution in [3.8, 4) is 0 Å². The first kappa shape index (κ1) is 21.9. The van der Waals surface area contributed by atoms with Gasteiger partial charge in [-0.3, -0.25) is 9.59 Å². The van der Waals surface area contributed by atoms with Crippen LogP contribution in [0, 0.1) is 0 Å². The van der Waals surface area contributed by atoms with Crippen LogP contribution in [0.5, 0.6) is 0 Å². The third kappa shape index (κ3) is 5.24. The molecule has 160 valence electrons. The van der Waals surface area contributed by atoms with E-state index in [-0.39, 0.29) is 16.7 Å². The third-order valence-electron chi connectivity index (χ3n) is 4.79. The molecule has 3 rings (SSSR count). The fraction of sp³-hybridized carbons (Fsp3) is 0.333. The zero-order chi connectivity index (χ0) is 21.7. The van der Waals surface area contributed by atoms with Gasteiger partial charge in [0.1, 0.15) is 0 Å². The average Bonchev–Trinajstić information content (AvgIpc) is 2.75. The number of hydrogen-bond acceptors (Lipinski definition) is 5. The Balaban J connectivity index is 1.64. The quantitative estimate of drug-likeness (QED) is 0.749. The lowest BCUT2D eigenvalue weighted by Crippen LogP contribution is -2.40. The monoisotopic (exact) mass is 431 g/mol. The third-order valence-corrected chi connectivity index (χ3v) is 6.70. The zero-order valence-electron chi connectivity index (χ0n) is 17.0. The van der Waals surface area contributed by atoms with Crippen molar-refractivity contribution in [3.05, 3.63) is 59.7 Å². The van der Waals surface area contributed by atoms with Gasteiger partial charge in [0, 0.05) is 38.4 Å². The topological polar surface area (TPSA) is 96.0 Å². The van der Waals surface area contributed by atoms with Crippen LogP contribution < -0.4 is 5.32 Å². The van der Waals surface area contributed by atoms with Gasteiger partial charge in [-0.2, -0.15) is 4.31 Å². The summed E-state index contributed by atoms with van der Waals surface area (Å²) in [6.07, 6.45) is 0.292. The molecule has 2 aromatic carbocycles. The summed E-state index contributed by atoms with van der Waals surface area (Å²) in [5, 5.41) is 2.77. The number of ether oxygens (including phenoxy) is 1. The predicted octanol–water partition coefficient (Wildman–Crippen LogP) is 1.59. The number of nitrogens with zero attached hydrogens (tertiary/aromatic N) is 2. The van der Waals surface area contributed by atoms with Crippen molar-refractivity contribution in [2.75, 3.05) is 45.7 Å². The minimum absolute atomic E-state index is 0.00101. The fourth-order valence-corrected chi connectivity index (χ4v) is 4.36. The molecule has 1 saturated heterocycles. The Hall–Kier alpha value is -2.75. The van der Waals surface area contributed by atoms with Gasteiger partial charge < -0.3 is 15.0 Å². The molecule has 0 aromatic heterocycles. The second-order valence-electron chi connectivity index (χ2n) is 7.16. The summed E-state index contributed by atoms with van der Waals surface area (Å²) in [6, 6.07) is 12.9. The molecule has 9 heteroatoms. The number of likely N-dealkylation sites (N-methyl/N-ethyl adjacent to an activating group) is 1. The number of nitrogens with one attached hydrogen (secondary N) is 1. The average molecular weight is 432 g/mol. The fourth-order valence-electron chi connectivity index (χ4n) is 2.96. The van der Waals surface area contributed by atoms with E-state index in [9.17, 15) is 18.0 Å². The van der Waals surface area contributed by atoms with Crippen LogP contribution in [0.1, 0.15) is 15.9 Å². The van der Waals surface area contributed by atoms with Gasteiger partial charge in [-0.25, -0.2) is 8.42 Å². The van der Waals surface area contributed by atoms with Gasteiger partial charge in [0.2, 0.25) is 15.9 Å². The Labute approximate surface area is 176 Å². The first-order valence-electron chi connectivity index (χ1n) is 9.56. The summed E-state index contributed by atoms with van der Waals surface area (Å²) in [5.41, 5.74) is 1.79. The molecule has 1 aliphatic rings. The van der Waals surface area contributed by atoms with Gasteiger partial charge in [-0.15, -0.1) is 0 Å². The number of hydrogen-bond donors (Lipinski definition) is 1. The normalized spacial score (nSPS) is 14.9. The number of rotatable bonds is 6. The number of morpholine rings is 1. The van der Waals surface area contributed by atoms with E-state index >= 15 is 0 Å². The molecule has 0 unspecified atom stereocenters. The van der Waals surface area contributed by atoms with Gasteiger partial charge in [0.25, 0.3) is 5.91 Å². The zero-order valence-corrected chi connectivity index (χ0v) is 17.8. The van der Waals surface area contributed by atoms with Crippen molar-refractivity contribution >= 4 is 27.5 Å². The molecule has 2 aromatic rings. The SMILES string of the molecule is CN(C)C(=O)Cc1ccc(NC(=O)c2ccc(S(=O)(=O)N3CCOCC3)cc2)cc1.